The second kappa shape index (κ2) is 15.4. The van der Waals surface area contributed by atoms with Gasteiger partial charge in [0.15, 0.2) is 0 Å². The Morgan fingerprint density at radius 3 is 2.49 bits per heavy atom. The summed E-state index contributed by atoms with van der Waals surface area (Å²) >= 11 is 3.99. The molecule has 8 nitrogen and oxygen atoms in total. The summed E-state index contributed by atoms with van der Waals surface area (Å²) in [5.74, 6) is -0.407. The second-order valence-corrected chi connectivity index (χ2v) is 16.2. The summed E-state index contributed by atoms with van der Waals surface area (Å²) in [6, 6.07) is 18.1. The van der Waals surface area contributed by atoms with Crippen LogP contribution in [0.3, 0.4) is 0 Å². The van der Waals surface area contributed by atoms with Crippen LogP contribution in [-0.2, 0) is 25.6 Å². The zero-order valence-corrected chi connectivity index (χ0v) is 29.3. The van der Waals surface area contributed by atoms with E-state index >= 15 is 0 Å². The van der Waals surface area contributed by atoms with Crippen LogP contribution in [0.15, 0.2) is 59.1 Å². The molecule has 2 unspecified atom stereocenters. The fourth-order valence-electron chi connectivity index (χ4n) is 4.84. The number of carbonyl (C=O) groups excluding carboxylic acids is 3. The van der Waals surface area contributed by atoms with Crippen molar-refractivity contribution < 1.29 is 28.6 Å². The van der Waals surface area contributed by atoms with Gasteiger partial charge in [-0.15, -0.1) is 0 Å². The first-order valence-corrected chi connectivity index (χ1v) is 18.1. The van der Waals surface area contributed by atoms with Crippen LogP contribution in [-0.4, -0.2) is 66.0 Å². The van der Waals surface area contributed by atoms with E-state index in [4.69, 9.17) is 14.2 Å². The zero-order chi connectivity index (χ0) is 31.0. The van der Waals surface area contributed by atoms with Gasteiger partial charge in [-0.2, -0.15) is 0 Å². The van der Waals surface area contributed by atoms with Gasteiger partial charge in [0.05, 0.1) is 0 Å². The molecule has 1 amide bonds. The Morgan fingerprint density at radius 1 is 1.09 bits per heavy atom. The van der Waals surface area contributed by atoms with Crippen LogP contribution in [0.1, 0.15) is 48.8 Å². The number of methoxy groups -OCH3 is 1. The van der Waals surface area contributed by atoms with Gasteiger partial charge in [-0.05, 0) is 0 Å². The number of hydrogen-bond donors (Lipinski definition) is 2. The van der Waals surface area contributed by atoms with Crippen molar-refractivity contribution in [3.63, 3.8) is 0 Å². The van der Waals surface area contributed by atoms with E-state index in [1.54, 1.807) is 20.8 Å². The average molecular weight is 734 g/mol. The van der Waals surface area contributed by atoms with Gasteiger partial charge >= 0.3 is 273 Å². The van der Waals surface area contributed by atoms with Crippen LogP contribution in [0.2, 0.25) is 4.71 Å². The van der Waals surface area contributed by atoms with Crippen LogP contribution in [0.25, 0.3) is 10.4 Å². The Morgan fingerprint density at radius 2 is 1.81 bits per heavy atom. The van der Waals surface area contributed by atoms with E-state index in [0.29, 0.717) is 16.9 Å². The first-order valence-electron chi connectivity index (χ1n) is 14.2. The van der Waals surface area contributed by atoms with Gasteiger partial charge in [0.2, 0.25) is 0 Å². The number of nitrogens with one attached hydrogen (secondary N) is 2. The zero-order valence-electron chi connectivity index (χ0n) is 24.8. The Labute approximate surface area is 272 Å². The molecule has 0 spiro atoms. The molecule has 0 saturated carbocycles. The molecule has 11 heteroatoms. The van der Waals surface area contributed by atoms with Crippen LogP contribution >= 0.6 is 27.3 Å². The van der Waals surface area contributed by atoms with Crippen LogP contribution in [0.5, 0.6) is 5.75 Å². The van der Waals surface area contributed by atoms with Gasteiger partial charge in [0.25, 0.3) is 0 Å². The molecule has 4 rings (SSSR count). The normalized spacial score (nSPS) is 14.8. The van der Waals surface area contributed by atoms with E-state index < -0.39 is 33.3 Å². The predicted molar refractivity (Wildman–Crippen MR) is 175 cm³/mol. The fraction of sp³-hybridized carbons (Fsp3) is 0.406. The molecule has 43 heavy (non-hydrogen) atoms. The van der Waals surface area contributed by atoms with Crippen LogP contribution in [0, 0.1) is 5.92 Å². The van der Waals surface area contributed by atoms with Gasteiger partial charge in [0.1, 0.15) is 0 Å². The third-order valence-corrected chi connectivity index (χ3v) is 12.6. The molecule has 2 heterocycles. The molecule has 230 valence electrons. The summed E-state index contributed by atoms with van der Waals surface area (Å²) in [6.07, 6.45) is 1.95. The molecule has 2 aromatic carbocycles. The first-order chi connectivity index (χ1) is 20.6. The second-order valence-electron chi connectivity index (χ2n) is 11.3. The summed E-state index contributed by atoms with van der Waals surface area (Å²) in [5, 5.41) is 6.62. The molecule has 3 aromatic rings. The minimum atomic E-state index is -0.862. The van der Waals surface area contributed by atoms with Crippen LogP contribution < -0.4 is 19.7 Å². The molecule has 0 radical (unpaired) electrons. The van der Waals surface area contributed by atoms with Gasteiger partial charge in [0, 0.05) is 0 Å². The number of ether oxygens (including phenoxy) is 3. The Bertz CT molecular complexity index is 1420. The standard InChI is InChI=1S/C32H38AsBrN2O6S/c1-32(2,3)42-24(37)19-41-27-26(34)28(43-29(27)31(39)40-4)22-11-8-12-23(17-22)33-25(21-13-15-35-16-14-21)30(38)36-18-20-9-6-5-7-10-20/h5-12,17,21,25,33,35H,13-16,18-19H2,1-4H3,(H,36,38). The summed E-state index contributed by atoms with van der Waals surface area (Å²) in [7, 11) is 1.31. The quantitative estimate of drug-likeness (QED) is 0.215. The van der Waals surface area contributed by atoms with Crippen molar-refractivity contribution in [2.75, 3.05) is 26.8 Å². The number of esters is 2. The first kappa shape index (κ1) is 33.2. The number of benzene rings is 2. The van der Waals surface area contributed by atoms with E-state index in [9.17, 15) is 14.4 Å². The van der Waals surface area contributed by atoms with Gasteiger partial charge in [-0.1, -0.05) is 0 Å². The molecule has 1 aliphatic heterocycles. The van der Waals surface area contributed by atoms with Crippen molar-refractivity contribution in [2.45, 2.75) is 50.5 Å². The molecule has 1 fully saturated rings. The number of halogens is 1. The topological polar surface area (TPSA) is 103 Å². The molecular weight excluding hydrogens is 695 g/mol. The van der Waals surface area contributed by atoms with Crippen molar-refractivity contribution in [3.05, 3.63) is 69.5 Å². The Hall–Kier alpha value is -2.65. The number of carbonyl (C=O) groups is 3. The molecule has 2 N–H and O–H groups in total. The van der Waals surface area contributed by atoms with Crippen molar-refractivity contribution in [1.82, 2.24) is 10.6 Å². The van der Waals surface area contributed by atoms with E-state index in [1.165, 1.54) is 18.4 Å². The SMILES string of the molecule is COC(=O)c1sc(-c2cccc([AsH]C(C(=O)NCc3ccccc3)C3CCNCC3)c2)c(Br)c1OCC(=O)OC(C)(C)C. The minimum absolute atomic E-state index is 0.0498. The molecule has 0 aliphatic carbocycles. The molecule has 1 saturated heterocycles. The summed E-state index contributed by atoms with van der Waals surface area (Å²) in [5.41, 5.74) is 1.32. The molecule has 1 aromatic heterocycles. The Kier molecular flexibility index (Phi) is 11.9. The Balaban J connectivity index is 1.57. The van der Waals surface area contributed by atoms with Gasteiger partial charge in [-0.25, -0.2) is 0 Å². The molecule has 0 bridgehead atoms. The maximum atomic E-state index is 13.6. The number of piperidine rings is 1. The van der Waals surface area contributed by atoms with E-state index in [1.807, 2.05) is 42.5 Å². The predicted octanol–water partition coefficient (Wildman–Crippen LogP) is 4.85. The molecule has 2 atom stereocenters. The average Bonchev–Trinajstić information content (AvgIpc) is 3.33. The van der Waals surface area contributed by atoms with Crippen molar-refractivity contribution >= 4 is 65.2 Å². The van der Waals surface area contributed by atoms with Crippen molar-refractivity contribution in [2.24, 2.45) is 5.92 Å². The molecule has 1 aliphatic rings. The van der Waals surface area contributed by atoms with Gasteiger partial charge < -0.3 is 0 Å². The summed E-state index contributed by atoms with van der Waals surface area (Å²) in [4.78, 5) is 39.6. The van der Waals surface area contributed by atoms with E-state index in [-0.39, 0.29) is 27.8 Å². The van der Waals surface area contributed by atoms with Crippen LogP contribution in [0.4, 0.5) is 0 Å². The monoisotopic (exact) mass is 732 g/mol. The van der Waals surface area contributed by atoms with E-state index in [2.05, 4.69) is 38.7 Å². The number of amides is 1. The summed E-state index contributed by atoms with van der Waals surface area (Å²) < 4.78 is 17.8. The number of hydrogen-bond acceptors (Lipinski definition) is 8. The van der Waals surface area contributed by atoms with E-state index in [0.717, 1.165) is 46.3 Å². The number of thiophene rings is 1. The third kappa shape index (κ3) is 9.42. The maximum absolute atomic E-state index is 13.6. The summed E-state index contributed by atoms with van der Waals surface area (Å²) in [6.45, 7) is 7.34. The number of rotatable bonds is 11. The fourth-order valence-corrected chi connectivity index (χ4v) is 10.1. The third-order valence-electron chi connectivity index (χ3n) is 6.83. The molecular formula is C32H38AsBrN2O6S. The van der Waals surface area contributed by atoms with Crippen molar-refractivity contribution in [3.8, 4) is 16.2 Å². The van der Waals surface area contributed by atoms with Gasteiger partial charge in [-0.3, -0.25) is 0 Å². The van der Waals surface area contributed by atoms with Crippen molar-refractivity contribution in [1.29, 1.82) is 0 Å².